The number of nitrogens with one attached hydrogen (secondary N) is 1. The minimum Gasteiger partial charge on any atom is -0.490 e. The molecule has 0 spiro atoms. The van der Waals surface area contributed by atoms with Gasteiger partial charge in [0.15, 0.2) is 11.5 Å². The summed E-state index contributed by atoms with van der Waals surface area (Å²) in [6.07, 6.45) is 3.55. The van der Waals surface area contributed by atoms with Crippen molar-refractivity contribution in [3.63, 3.8) is 0 Å². The molecule has 2 aromatic carbocycles. The zero-order chi connectivity index (χ0) is 19.5. The fourth-order valence-corrected chi connectivity index (χ4v) is 2.36. The summed E-state index contributed by atoms with van der Waals surface area (Å²) in [6.45, 7) is 5.11. The number of nitrogens with zero attached hydrogens (tertiary/aromatic N) is 1. The summed E-state index contributed by atoms with van der Waals surface area (Å²) in [6, 6.07) is 16.4. The van der Waals surface area contributed by atoms with Crippen molar-refractivity contribution in [2.45, 2.75) is 26.7 Å². The lowest BCUT2D eigenvalue weighted by atomic mass is 10.1. The Balaban J connectivity index is 2.20. The summed E-state index contributed by atoms with van der Waals surface area (Å²) in [5.74, 6) is 0.808. The maximum Gasteiger partial charge on any atom is 0.266 e. The van der Waals surface area contributed by atoms with Crippen molar-refractivity contribution < 1.29 is 14.3 Å². The molecule has 0 aliphatic carbocycles. The fraction of sp³-hybridized carbons (Fsp3) is 0.273. The van der Waals surface area contributed by atoms with E-state index in [9.17, 15) is 10.1 Å². The van der Waals surface area contributed by atoms with Gasteiger partial charge in [-0.25, -0.2) is 0 Å². The van der Waals surface area contributed by atoms with E-state index in [0.717, 1.165) is 12.8 Å². The topological polar surface area (TPSA) is 71.3 Å². The van der Waals surface area contributed by atoms with Crippen LogP contribution in [0.25, 0.3) is 6.08 Å². The van der Waals surface area contributed by atoms with Crippen molar-refractivity contribution in [3.8, 4) is 17.6 Å². The van der Waals surface area contributed by atoms with Gasteiger partial charge in [-0.05, 0) is 49.2 Å². The van der Waals surface area contributed by atoms with Crippen molar-refractivity contribution in [1.29, 1.82) is 5.26 Å². The molecule has 0 fully saturated rings. The van der Waals surface area contributed by atoms with Crippen LogP contribution in [0.3, 0.4) is 0 Å². The quantitative estimate of drug-likeness (QED) is 0.394. The Morgan fingerprint density at radius 1 is 1.11 bits per heavy atom. The minimum absolute atomic E-state index is 0.0148. The van der Waals surface area contributed by atoms with Crippen LogP contribution in [0.5, 0.6) is 11.5 Å². The van der Waals surface area contributed by atoms with Gasteiger partial charge in [-0.2, -0.15) is 5.26 Å². The van der Waals surface area contributed by atoms with Crippen molar-refractivity contribution in [2.24, 2.45) is 0 Å². The summed E-state index contributed by atoms with van der Waals surface area (Å²) < 4.78 is 11.4. The van der Waals surface area contributed by atoms with E-state index < -0.39 is 5.91 Å². The predicted octanol–water partition coefficient (Wildman–Crippen LogP) is 4.81. The van der Waals surface area contributed by atoms with Gasteiger partial charge < -0.3 is 14.8 Å². The van der Waals surface area contributed by atoms with Crippen LogP contribution in [-0.4, -0.2) is 19.1 Å². The van der Waals surface area contributed by atoms with Gasteiger partial charge in [0.25, 0.3) is 5.91 Å². The number of nitriles is 1. The van der Waals surface area contributed by atoms with Gasteiger partial charge in [0, 0.05) is 5.69 Å². The van der Waals surface area contributed by atoms with Gasteiger partial charge in [0.05, 0.1) is 13.2 Å². The number of ether oxygens (including phenoxy) is 2. The minimum atomic E-state index is -0.454. The van der Waals surface area contributed by atoms with Crippen LogP contribution in [0.15, 0.2) is 54.1 Å². The third-order valence-electron chi connectivity index (χ3n) is 3.73. The van der Waals surface area contributed by atoms with Gasteiger partial charge in [-0.1, -0.05) is 37.6 Å². The maximum absolute atomic E-state index is 12.3. The number of carbonyl (C=O) groups excluding carboxylic acids is 1. The van der Waals surface area contributed by atoms with E-state index in [-0.39, 0.29) is 5.57 Å². The zero-order valence-electron chi connectivity index (χ0n) is 15.7. The van der Waals surface area contributed by atoms with E-state index in [0.29, 0.717) is 36.0 Å². The monoisotopic (exact) mass is 364 g/mol. The van der Waals surface area contributed by atoms with Crippen molar-refractivity contribution >= 4 is 17.7 Å². The lowest BCUT2D eigenvalue weighted by Gasteiger charge is -2.12. The summed E-state index contributed by atoms with van der Waals surface area (Å²) in [5.41, 5.74) is 1.35. The Kier molecular flexibility index (Phi) is 7.92. The first-order chi connectivity index (χ1) is 13.2. The molecule has 0 aromatic heterocycles. The predicted molar refractivity (Wildman–Crippen MR) is 107 cm³/mol. The molecule has 1 N–H and O–H groups in total. The average molecular weight is 364 g/mol. The third-order valence-corrected chi connectivity index (χ3v) is 3.73. The van der Waals surface area contributed by atoms with E-state index in [1.807, 2.05) is 31.2 Å². The van der Waals surface area contributed by atoms with E-state index in [4.69, 9.17) is 9.47 Å². The third kappa shape index (κ3) is 6.19. The molecule has 1 amide bonds. The first-order valence-corrected chi connectivity index (χ1v) is 9.05. The van der Waals surface area contributed by atoms with Crippen LogP contribution in [0.1, 0.15) is 32.3 Å². The number of carbonyl (C=O) groups is 1. The Morgan fingerprint density at radius 3 is 2.56 bits per heavy atom. The molecule has 2 rings (SSSR count). The Bertz CT molecular complexity index is 823. The molecule has 5 heteroatoms. The number of hydrogen-bond donors (Lipinski definition) is 1. The summed E-state index contributed by atoms with van der Waals surface area (Å²) in [5, 5.41) is 12.1. The second-order valence-corrected chi connectivity index (χ2v) is 5.83. The molecule has 0 saturated heterocycles. The number of benzene rings is 2. The molecule has 27 heavy (non-hydrogen) atoms. The molecule has 0 unspecified atom stereocenters. The molecule has 0 heterocycles. The first-order valence-electron chi connectivity index (χ1n) is 9.05. The summed E-state index contributed by atoms with van der Waals surface area (Å²) in [7, 11) is 0. The summed E-state index contributed by atoms with van der Waals surface area (Å²) in [4.78, 5) is 12.3. The van der Waals surface area contributed by atoms with E-state index in [2.05, 4.69) is 12.2 Å². The van der Waals surface area contributed by atoms with Crippen molar-refractivity contribution in [1.82, 2.24) is 0 Å². The number of hydrogen-bond acceptors (Lipinski definition) is 4. The number of unbranched alkanes of at least 4 members (excludes halogenated alkanes) is 1. The van der Waals surface area contributed by atoms with Crippen molar-refractivity contribution in [3.05, 3.63) is 59.7 Å². The molecule has 140 valence electrons. The number of para-hydroxylation sites is 1. The smallest absolute Gasteiger partial charge is 0.266 e. The molecule has 0 bridgehead atoms. The molecule has 5 nitrogen and oxygen atoms in total. The van der Waals surface area contributed by atoms with Crippen LogP contribution in [0.4, 0.5) is 5.69 Å². The summed E-state index contributed by atoms with van der Waals surface area (Å²) >= 11 is 0. The lowest BCUT2D eigenvalue weighted by Crippen LogP contribution is -2.13. The Morgan fingerprint density at radius 2 is 1.89 bits per heavy atom. The highest BCUT2D eigenvalue weighted by Crippen LogP contribution is 2.29. The van der Waals surface area contributed by atoms with E-state index in [1.165, 1.54) is 6.08 Å². The number of rotatable bonds is 9. The van der Waals surface area contributed by atoms with Crippen LogP contribution in [0.2, 0.25) is 0 Å². The first kappa shape index (κ1) is 20.1. The second-order valence-electron chi connectivity index (χ2n) is 5.83. The maximum atomic E-state index is 12.3. The lowest BCUT2D eigenvalue weighted by molar-refractivity contribution is -0.112. The highest BCUT2D eigenvalue weighted by molar-refractivity contribution is 6.09. The number of amides is 1. The van der Waals surface area contributed by atoms with Crippen LogP contribution < -0.4 is 14.8 Å². The van der Waals surface area contributed by atoms with Crippen LogP contribution in [-0.2, 0) is 4.79 Å². The Hall–Kier alpha value is -3.26. The van der Waals surface area contributed by atoms with Gasteiger partial charge in [-0.15, -0.1) is 0 Å². The molecule has 2 aromatic rings. The molecule has 0 radical (unpaired) electrons. The molecule has 0 atom stereocenters. The number of anilines is 1. The SMILES string of the molecule is CCCCOc1ccc(/C=C(\C#N)C(=O)Nc2ccccc2)cc1OCC. The highest BCUT2D eigenvalue weighted by atomic mass is 16.5. The highest BCUT2D eigenvalue weighted by Gasteiger charge is 2.11. The van der Waals surface area contributed by atoms with Crippen LogP contribution in [0, 0.1) is 11.3 Å². The van der Waals surface area contributed by atoms with Gasteiger partial charge in [-0.3, -0.25) is 4.79 Å². The molecular weight excluding hydrogens is 340 g/mol. The largest absolute Gasteiger partial charge is 0.490 e. The van der Waals surface area contributed by atoms with Crippen molar-refractivity contribution in [2.75, 3.05) is 18.5 Å². The molecular formula is C22H24N2O3. The van der Waals surface area contributed by atoms with Crippen LogP contribution >= 0.6 is 0 Å². The Labute approximate surface area is 160 Å². The fourth-order valence-electron chi connectivity index (χ4n) is 2.36. The van der Waals surface area contributed by atoms with Gasteiger partial charge in [0.2, 0.25) is 0 Å². The second kappa shape index (κ2) is 10.7. The molecule has 0 saturated carbocycles. The molecule has 0 aliphatic rings. The van der Waals surface area contributed by atoms with E-state index in [1.54, 1.807) is 30.3 Å². The average Bonchev–Trinajstić information content (AvgIpc) is 2.68. The standard InChI is InChI=1S/C22H24N2O3/c1-3-5-13-27-20-12-11-17(15-21(20)26-4-2)14-18(16-23)22(25)24-19-9-7-6-8-10-19/h6-12,14-15H,3-5,13H2,1-2H3,(H,24,25)/b18-14+. The van der Waals surface area contributed by atoms with Gasteiger partial charge in [0.1, 0.15) is 11.6 Å². The van der Waals surface area contributed by atoms with E-state index >= 15 is 0 Å². The van der Waals surface area contributed by atoms with Gasteiger partial charge >= 0.3 is 0 Å². The normalized spacial score (nSPS) is 10.8. The molecule has 0 aliphatic heterocycles. The zero-order valence-corrected chi connectivity index (χ0v) is 15.7.